The lowest BCUT2D eigenvalue weighted by Gasteiger charge is -2.10. The van der Waals surface area contributed by atoms with Gasteiger partial charge in [-0.25, -0.2) is 0 Å². The molecule has 3 aromatic rings. The van der Waals surface area contributed by atoms with E-state index in [1.807, 2.05) is 13.8 Å². The van der Waals surface area contributed by atoms with Crippen LogP contribution in [-0.2, 0) is 6.54 Å². The molecule has 1 aromatic heterocycles. The van der Waals surface area contributed by atoms with Crippen molar-refractivity contribution in [3.63, 3.8) is 0 Å². The fraction of sp³-hybridized carbons (Fsp3) is 0.263. The molecule has 0 unspecified atom stereocenters. The van der Waals surface area contributed by atoms with Crippen LogP contribution in [0.1, 0.15) is 25.0 Å². The van der Waals surface area contributed by atoms with Crippen LogP contribution in [-0.4, -0.2) is 10.7 Å². The third-order valence-corrected chi connectivity index (χ3v) is 3.55. The molecule has 3 rings (SSSR count). The molecule has 2 heteroatoms. The number of nitrogens with zero attached hydrogens (tertiary/aromatic N) is 1. The molecule has 0 aliphatic heterocycles. The van der Waals surface area contributed by atoms with Crippen molar-refractivity contribution in [1.82, 2.24) is 4.57 Å². The molecule has 0 amide bonds. The van der Waals surface area contributed by atoms with Crippen molar-refractivity contribution in [2.45, 2.75) is 33.4 Å². The largest absolute Gasteiger partial charge is 0.491 e. The molecule has 0 N–H and O–H groups in total. The van der Waals surface area contributed by atoms with Gasteiger partial charge in [0.05, 0.1) is 6.10 Å². The van der Waals surface area contributed by atoms with Crippen LogP contribution in [0.5, 0.6) is 5.75 Å². The number of hydrogen-bond acceptors (Lipinski definition) is 1. The summed E-state index contributed by atoms with van der Waals surface area (Å²) in [5.41, 5.74) is 3.87. The number of rotatable bonds is 4. The van der Waals surface area contributed by atoms with E-state index in [9.17, 15) is 0 Å². The summed E-state index contributed by atoms with van der Waals surface area (Å²) in [7, 11) is 0. The second-order valence-corrected chi connectivity index (χ2v) is 5.82. The minimum absolute atomic E-state index is 0.205. The Morgan fingerprint density at radius 3 is 2.67 bits per heavy atom. The Labute approximate surface area is 126 Å². The van der Waals surface area contributed by atoms with E-state index in [0.29, 0.717) is 0 Å². The Hall–Kier alpha value is -2.22. The van der Waals surface area contributed by atoms with E-state index in [1.54, 1.807) is 0 Å². The lowest BCUT2D eigenvalue weighted by Crippen LogP contribution is -2.05. The van der Waals surface area contributed by atoms with Crippen molar-refractivity contribution >= 4 is 10.9 Å². The Bertz CT molecular complexity index is 755. The first-order valence-corrected chi connectivity index (χ1v) is 7.43. The molecular weight excluding hydrogens is 258 g/mol. The van der Waals surface area contributed by atoms with Crippen LogP contribution in [0.2, 0.25) is 0 Å². The summed E-state index contributed by atoms with van der Waals surface area (Å²) in [5, 5.41) is 1.22. The zero-order valence-corrected chi connectivity index (χ0v) is 12.8. The van der Waals surface area contributed by atoms with Gasteiger partial charge in [0, 0.05) is 23.6 Å². The van der Waals surface area contributed by atoms with Gasteiger partial charge < -0.3 is 9.30 Å². The molecule has 1 heterocycles. The van der Waals surface area contributed by atoms with Crippen molar-refractivity contribution in [3.05, 3.63) is 65.9 Å². The Balaban J connectivity index is 1.90. The predicted octanol–water partition coefficient (Wildman–Crippen LogP) is 4.79. The average Bonchev–Trinajstić information content (AvgIpc) is 2.81. The van der Waals surface area contributed by atoms with Gasteiger partial charge in [-0.1, -0.05) is 29.8 Å². The Kier molecular flexibility index (Phi) is 3.70. The molecule has 0 aliphatic rings. The summed E-state index contributed by atoms with van der Waals surface area (Å²) < 4.78 is 8.04. The summed E-state index contributed by atoms with van der Waals surface area (Å²) >= 11 is 0. The van der Waals surface area contributed by atoms with Gasteiger partial charge in [0.1, 0.15) is 5.75 Å². The van der Waals surface area contributed by atoms with Crippen LogP contribution < -0.4 is 4.74 Å². The zero-order chi connectivity index (χ0) is 14.8. The highest BCUT2D eigenvalue weighted by Gasteiger charge is 2.05. The van der Waals surface area contributed by atoms with Crippen molar-refractivity contribution in [1.29, 1.82) is 0 Å². The average molecular weight is 279 g/mol. The lowest BCUT2D eigenvalue weighted by molar-refractivity contribution is 0.243. The fourth-order valence-corrected chi connectivity index (χ4v) is 2.67. The molecule has 0 spiro atoms. The molecule has 21 heavy (non-hydrogen) atoms. The first kappa shape index (κ1) is 13.7. The van der Waals surface area contributed by atoms with Gasteiger partial charge in [-0.3, -0.25) is 0 Å². The number of fused-ring (bicyclic) bond motifs is 1. The number of benzene rings is 2. The third-order valence-electron chi connectivity index (χ3n) is 3.55. The highest BCUT2D eigenvalue weighted by Crippen LogP contribution is 2.23. The van der Waals surface area contributed by atoms with Crippen molar-refractivity contribution < 1.29 is 4.74 Å². The lowest BCUT2D eigenvalue weighted by atomic mass is 10.1. The van der Waals surface area contributed by atoms with Gasteiger partial charge >= 0.3 is 0 Å². The highest BCUT2D eigenvalue weighted by molar-refractivity contribution is 5.81. The monoisotopic (exact) mass is 279 g/mol. The van der Waals surface area contributed by atoms with E-state index in [-0.39, 0.29) is 6.10 Å². The number of hydrogen-bond donors (Lipinski definition) is 0. The molecule has 2 nitrogen and oxygen atoms in total. The SMILES string of the molecule is Cc1cccc(Cn2ccc3cc(OC(C)C)ccc32)c1. The van der Waals surface area contributed by atoms with Crippen LogP contribution >= 0.6 is 0 Å². The molecule has 0 aliphatic carbocycles. The van der Waals surface area contributed by atoms with Crippen molar-refractivity contribution in [2.75, 3.05) is 0 Å². The molecule has 0 saturated carbocycles. The molecule has 0 atom stereocenters. The number of ether oxygens (including phenoxy) is 1. The zero-order valence-electron chi connectivity index (χ0n) is 12.8. The fourth-order valence-electron chi connectivity index (χ4n) is 2.67. The summed E-state index contributed by atoms with van der Waals surface area (Å²) in [6, 6.07) is 17.1. The first-order valence-electron chi connectivity index (χ1n) is 7.43. The second kappa shape index (κ2) is 5.65. The molecule has 0 radical (unpaired) electrons. The van der Waals surface area contributed by atoms with Gasteiger partial charge in [-0.15, -0.1) is 0 Å². The quantitative estimate of drug-likeness (QED) is 0.670. The maximum atomic E-state index is 5.76. The maximum absolute atomic E-state index is 5.76. The van der Waals surface area contributed by atoms with Crippen molar-refractivity contribution in [2.24, 2.45) is 0 Å². The predicted molar refractivity (Wildman–Crippen MR) is 88.0 cm³/mol. The first-order chi connectivity index (χ1) is 10.1. The van der Waals surface area contributed by atoms with Crippen LogP contribution in [0.25, 0.3) is 10.9 Å². The van der Waals surface area contributed by atoms with Gasteiger partial charge in [0.25, 0.3) is 0 Å². The van der Waals surface area contributed by atoms with E-state index in [1.165, 1.54) is 22.0 Å². The third kappa shape index (κ3) is 3.10. The highest BCUT2D eigenvalue weighted by atomic mass is 16.5. The molecule has 0 fully saturated rings. The van der Waals surface area contributed by atoms with Crippen LogP contribution in [0, 0.1) is 6.92 Å². The number of aromatic nitrogens is 1. The van der Waals surface area contributed by atoms with E-state index < -0.39 is 0 Å². The molecule has 108 valence electrons. The summed E-state index contributed by atoms with van der Waals surface area (Å²) in [5.74, 6) is 0.936. The smallest absolute Gasteiger partial charge is 0.120 e. The summed E-state index contributed by atoms with van der Waals surface area (Å²) in [6.45, 7) is 7.13. The van der Waals surface area contributed by atoms with E-state index in [4.69, 9.17) is 4.74 Å². The van der Waals surface area contributed by atoms with E-state index >= 15 is 0 Å². The molecule has 0 saturated heterocycles. The van der Waals surface area contributed by atoms with E-state index in [0.717, 1.165) is 12.3 Å². The molecule has 2 aromatic carbocycles. The summed E-state index contributed by atoms with van der Waals surface area (Å²) in [4.78, 5) is 0. The normalized spacial score (nSPS) is 11.2. The minimum atomic E-state index is 0.205. The van der Waals surface area contributed by atoms with Crippen LogP contribution in [0.3, 0.4) is 0 Å². The Morgan fingerprint density at radius 2 is 1.90 bits per heavy atom. The van der Waals surface area contributed by atoms with Gasteiger partial charge in [0.2, 0.25) is 0 Å². The number of aryl methyl sites for hydroxylation is 1. The standard InChI is InChI=1S/C19H21NO/c1-14(2)21-18-7-8-19-17(12-18)9-10-20(19)13-16-6-4-5-15(3)11-16/h4-12,14H,13H2,1-3H3. The summed E-state index contributed by atoms with van der Waals surface area (Å²) in [6.07, 6.45) is 2.35. The maximum Gasteiger partial charge on any atom is 0.120 e. The van der Waals surface area contributed by atoms with Gasteiger partial charge in [0.15, 0.2) is 0 Å². The van der Waals surface area contributed by atoms with Crippen LogP contribution in [0.15, 0.2) is 54.7 Å². The molecular formula is C19H21NO. The van der Waals surface area contributed by atoms with E-state index in [2.05, 4.69) is 66.2 Å². The van der Waals surface area contributed by atoms with Crippen LogP contribution in [0.4, 0.5) is 0 Å². The minimum Gasteiger partial charge on any atom is -0.491 e. The second-order valence-electron chi connectivity index (χ2n) is 5.82. The topological polar surface area (TPSA) is 14.2 Å². The van der Waals surface area contributed by atoms with Crippen molar-refractivity contribution in [3.8, 4) is 5.75 Å². The van der Waals surface area contributed by atoms with Gasteiger partial charge in [-0.05, 0) is 50.6 Å². The van der Waals surface area contributed by atoms with Gasteiger partial charge in [-0.2, -0.15) is 0 Å². The Morgan fingerprint density at radius 1 is 1.05 bits per heavy atom. The molecule has 0 bridgehead atoms.